The van der Waals surface area contributed by atoms with E-state index < -0.39 is 0 Å². The standard InChI is InChI=1S/C14H20FNO/c1-2-17-14-7-6-11(10-13(14)15)9-12-5-3-4-8-16-12/h6-7,10,12,16H,2-5,8-9H2,1H3. The third kappa shape index (κ3) is 3.43. The average molecular weight is 237 g/mol. The third-order valence-electron chi connectivity index (χ3n) is 3.19. The lowest BCUT2D eigenvalue weighted by molar-refractivity contribution is 0.321. The van der Waals surface area contributed by atoms with Crippen LogP contribution in [-0.4, -0.2) is 19.2 Å². The maximum atomic E-state index is 13.6. The SMILES string of the molecule is CCOc1ccc(CC2CCCCN2)cc1F. The van der Waals surface area contributed by atoms with Crippen LogP contribution in [-0.2, 0) is 6.42 Å². The molecule has 1 aliphatic heterocycles. The fraction of sp³-hybridized carbons (Fsp3) is 0.571. The first-order valence-corrected chi connectivity index (χ1v) is 6.44. The first kappa shape index (κ1) is 12.4. The van der Waals surface area contributed by atoms with Crippen LogP contribution in [0.25, 0.3) is 0 Å². The molecular weight excluding hydrogens is 217 g/mol. The van der Waals surface area contributed by atoms with Gasteiger partial charge in [0.05, 0.1) is 6.61 Å². The summed E-state index contributed by atoms with van der Waals surface area (Å²) in [4.78, 5) is 0. The fourth-order valence-electron chi connectivity index (χ4n) is 2.33. The van der Waals surface area contributed by atoms with E-state index >= 15 is 0 Å². The van der Waals surface area contributed by atoms with Crippen LogP contribution in [0, 0.1) is 5.82 Å². The summed E-state index contributed by atoms with van der Waals surface area (Å²) in [5.41, 5.74) is 1.05. The van der Waals surface area contributed by atoms with Gasteiger partial charge >= 0.3 is 0 Å². The summed E-state index contributed by atoms with van der Waals surface area (Å²) in [5.74, 6) is 0.105. The second-order valence-electron chi connectivity index (χ2n) is 4.55. The Hall–Kier alpha value is -1.09. The van der Waals surface area contributed by atoms with Crippen LogP contribution in [0.1, 0.15) is 31.7 Å². The molecular formula is C14H20FNO. The lowest BCUT2D eigenvalue weighted by atomic mass is 9.98. The Balaban J connectivity index is 1.98. The summed E-state index contributed by atoms with van der Waals surface area (Å²) >= 11 is 0. The van der Waals surface area contributed by atoms with Gasteiger partial charge in [0.25, 0.3) is 0 Å². The van der Waals surface area contributed by atoms with E-state index in [9.17, 15) is 4.39 Å². The van der Waals surface area contributed by atoms with Crippen molar-refractivity contribution in [2.45, 2.75) is 38.6 Å². The number of halogens is 1. The molecule has 1 fully saturated rings. The smallest absolute Gasteiger partial charge is 0.165 e. The number of nitrogens with one attached hydrogen (secondary N) is 1. The first-order chi connectivity index (χ1) is 8.29. The zero-order valence-corrected chi connectivity index (χ0v) is 10.3. The van der Waals surface area contributed by atoms with Crippen LogP contribution in [0.4, 0.5) is 4.39 Å². The van der Waals surface area contributed by atoms with Crippen LogP contribution in [0.15, 0.2) is 18.2 Å². The van der Waals surface area contributed by atoms with Gasteiger partial charge in [0, 0.05) is 6.04 Å². The third-order valence-corrected chi connectivity index (χ3v) is 3.19. The van der Waals surface area contributed by atoms with E-state index in [1.165, 1.54) is 19.3 Å². The zero-order chi connectivity index (χ0) is 12.1. The van der Waals surface area contributed by atoms with Crippen molar-refractivity contribution in [1.82, 2.24) is 5.32 Å². The molecule has 1 aliphatic rings. The van der Waals surface area contributed by atoms with E-state index in [1.807, 2.05) is 13.0 Å². The van der Waals surface area contributed by atoms with Gasteiger partial charge in [-0.25, -0.2) is 4.39 Å². The number of ether oxygens (including phenoxy) is 1. The molecule has 1 unspecified atom stereocenters. The molecule has 0 aliphatic carbocycles. The molecule has 0 bridgehead atoms. The monoisotopic (exact) mass is 237 g/mol. The Bertz CT molecular complexity index is 361. The lowest BCUT2D eigenvalue weighted by Gasteiger charge is -2.23. The molecule has 0 saturated carbocycles. The molecule has 1 heterocycles. The van der Waals surface area contributed by atoms with Gasteiger partial charge in [-0.1, -0.05) is 12.5 Å². The van der Waals surface area contributed by atoms with Gasteiger partial charge in [-0.05, 0) is 50.4 Å². The van der Waals surface area contributed by atoms with Crippen LogP contribution >= 0.6 is 0 Å². The Morgan fingerprint density at radius 2 is 2.29 bits per heavy atom. The highest BCUT2D eigenvalue weighted by Gasteiger charge is 2.14. The summed E-state index contributed by atoms with van der Waals surface area (Å²) < 4.78 is 18.8. The van der Waals surface area contributed by atoms with Crippen molar-refractivity contribution < 1.29 is 9.13 Å². The van der Waals surface area contributed by atoms with Gasteiger partial charge in [-0.3, -0.25) is 0 Å². The minimum Gasteiger partial charge on any atom is -0.491 e. The van der Waals surface area contributed by atoms with Gasteiger partial charge in [-0.2, -0.15) is 0 Å². The molecule has 0 aromatic heterocycles. The summed E-state index contributed by atoms with van der Waals surface area (Å²) in [6.07, 6.45) is 4.63. The molecule has 1 aromatic rings. The number of piperidine rings is 1. The van der Waals surface area contributed by atoms with E-state index in [2.05, 4.69) is 5.32 Å². The largest absolute Gasteiger partial charge is 0.491 e. The molecule has 0 amide bonds. The molecule has 2 rings (SSSR count). The maximum Gasteiger partial charge on any atom is 0.165 e. The van der Waals surface area contributed by atoms with Crippen molar-refractivity contribution >= 4 is 0 Å². The van der Waals surface area contributed by atoms with Gasteiger partial charge in [-0.15, -0.1) is 0 Å². The van der Waals surface area contributed by atoms with Crippen LogP contribution in [0.3, 0.4) is 0 Å². The van der Waals surface area contributed by atoms with Crippen molar-refractivity contribution in [2.75, 3.05) is 13.2 Å². The minimum absolute atomic E-state index is 0.250. The Labute approximate surface area is 102 Å². The van der Waals surface area contributed by atoms with Gasteiger partial charge in [0.15, 0.2) is 11.6 Å². The topological polar surface area (TPSA) is 21.3 Å². The summed E-state index contributed by atoms with van der Waals surface area (Å²) in [7, 11) is 0. The highest BCUT2D eigenvalue weighted by atomic mass is 19.1. The van der Waals surface area contributed by atoms with E-state index in [-0.39, 0.29) is 5.82 Å². The second-order valence-corrected chi connectivity index (χ2v) is 4.55. The van der Waals surface area contributed by atoms with E-state index in [4.69, 9.17) is 4.74 Å². The van der Waals surface area contributed by atoms with Gasteiger partial charge in [0.1, 0.15) is 0 Å². The van der Waals surface area contributed by atoms with Gasteiger partial charge in [0.2, 0.25) is 0 Å². The molecule has 1 saturated heterocycles. The Morgan fingerprint density at radius 1 is 1.41 bits per heavy atom. The van der Waals surface area contributed by atoms with Crippen molar-refractivity contribution in [1.29, 1.82) is 0 Å². The van der Waals surface area contributed by atoms with Gasteiger partial charge < -0.3 is 10.1 Å². The molecule has 17 heavy (non-hydrogen) atoms. The predicted molar refractivity (Wildman–Crippen MR) is 66.9 cm³/mol. The zero-order valence-electron chi connectivity index (χ0n) is 10.3. The fourth-order valence-corrected chi connectivity index (χ4v) is 2.33. The van der Waals surface area contributed by atoms with Crippen molar-refractivity contribution in [3.8, 4) is 5.75 Å². The highest BCUT2D eigenvalue weighted by molar-refractivity contribution is 5.29. The van der Waals surface area contributed by atoms with Crippen molar-refractivity contribution in [3.63, 3.8) is 0 Å². The van der Waals surface area contributed by atoms with Crippen molar-refractivity contribution in [2.24, 2.45) is 0 Å². The highest BCUT2D eigenvalue weighted by Crippen LogP contribution is 2.20. The number of rotatable bonds is 4. The second kappa shape index (κ2) is 6.01. The molecule has 1 atom stereocenters. The Morgan fingerprint density at radius 3 is 2.94 bits per heavy atom. The summed E-state index contributed by atoms with van der Waals surface area (Å²) in [6, 6.07) is 5.80. The van der Waals surface area contributed by atoms with E-state index in [0.29, 0.717) is 18.4 Å². The number of hydrogen-bond acceptors (Lipinski definition) is 2. The number of hydrogen-bond donors (Lipinski definition) is 1. The van der Waals surface area contributed by atoms with Crippen LogP contribution in [0.5, 0.6) is 5.75 Å². The average Bonchev–Trinajstić information content (AvgIpc) is 2.34. The molecule has 0 radical (unpaired) electrons. The van der Waals surface area contributed by atoms with E-state index in [0.717, 1.165) is 18.5 Å². The molecule has 1 aromatic carbocycles. The quantitative estimate of drug-likeness (QED) is 0.869. The normalized spacial score (nSPS) is 20.2. The van der Waals surface area contributed by atoms with E-state index in [1.54, 1.807) is 12.1 Å². The predicted octanol–water partition coefficient (Wildman–Crippen LogP) is 2.91. The summed E-state index contributed by atoms with van der Waals surface area (Å²) in [6.45, 7) is 3.45. The minimum atomic E-state index is -0.250. The summed E-state index contributed by atoms with van der Waals surface area (Å²) in [5, 5.41) is 3.47. The molecule has 2 nitrogen and oxygen atoms in total. The van der Waals surface area contributed by atoms with Crippen LogP contribution < -0.4 is 10.1 Å². The molecule has 94 valence electrons. The van der Waals surface area contributed by atoms with Crippen LogP contribution in [0.2, 0.25) is 0 Å². The Kier molecular flexibility index (Phi) is 4.37. The lowest BCUT2D eigenvalue weighted by Crippen LogP contribution is -2.35. The first-order valence-electron chi connectivity index (χ1n) is 6.44. The maximum absolute atomic E-state index is 13.6. The number of benzene rings is 1. The molecule has 3 heteroatoms. The molecule has 1 N–H and O–H groups in total. The van der Waals surface area contributed by atoms with Crippen molar-refractivity contribution in [3.05, 3.63) is 29.6 Å². The molecule has 0 spiro atoms.